The number of rotatable bonds is 6. The maximum atomic E-state index is 13.5. The van der Waals surface area contributed by atoms with Crippen molar-refractivity contribution >= 4 is 11.9 Å². The van der Waals surface area contributed by atoms with Crippen LogP contribution in [0.3, 0.4) is 0 Å². The van der Waals surface area contributed by atoms with Crippen LogP contribution in [-0.2, 0) is 17.8 Å². The first-order valence-corrected chi connectivity index (χ1v) is 8.66. The first-order valence-electron chi connectivity index (χ1n) is 8.66. The van der Waals surface area contributed by atoms with Gasteiger partial charge in [-0.2, -0.15) is 0 Å². The molecule has 0 bridgehead atoms. The van der Waals surface area contributed by atoms with Crippen LogP contribution in [0.5, 0.6) is 11.5 Å². The molecule has 27 heavy (non-hydrogen) atoms. The molecule has 0 aliphatic carbocycles. The molecule has 0 saturated carbocycles. The van der Waals surface area contributed by atoms with E-state index in [4.69, 9.17) is 14.6 Å². The van der Waals surface area contributed by atoms with Gasteiger partial charge in [0.25, 0.3) is 5.91 Å². The van der Waals surface area contributed by atoms with E-state index >= 15 is 0 Å². The Bertz CT molecular complexity index is 867. The van der Waals surface area contributed by atoms with E-state index in [2.05, 4.69) is 0 Å². The first kappa shape index (κ1) is 18.7. The van der Waals surface area contributed by atoms with Crippen LogP contribution in [0.15, 0.2) is 36.4 Å². The second kappa shape index (κ2) is 8.07. The molecule has 0 unspecified atom stereocenters. The third-order valence-corrected chi connectivity index (χ3v) is 4.31. The Balaban J connectivity index is 1.80. The minimum Gasteiger partial charge on any atom is -0.490 e. The van der Waals surface area contributed by atoms with Crippen LogP contribution in [0.4, 0.5) is 4.39 Å². The Kier molecular flexibility index (Phi) is 5.59. The highest BCUT2D eigenvalue weighted by atomic mass is 19.1. The first-order chi connectivity index (χ1) is 13.0. The fraction of sp³-hybridized carbons (Fsp3) is 0.300. The Hall–Kier alpha value is -3.09. The number of carboxylic acids is 1. The summed E-state index contributed by atoms with van der Waals surface area (Å²) in [5.74, 6) is -1.04. The minimum absolute atomic E-state index is 0.198. The zero-order valence-electron chi connectivity index (χ0n) is 14.9. The molecule has 0 aromatic heterocycles. The average Bonchev–Trinajstić information content (AvgIpc) is 2.66. The maximum Gasteiger partial charge on any atom is 0.341 e. The normalized spacial score (nSPS) is 13.0. The van der Waals surface area contributed by atoms with E-state index in [9.17, 15) is 14.0 Å². The molecule has 1 aliphatic rings. The molecule has 0 saturated heterocycles. The van der Waals surface area contributed by atoms with E-state index in [1.807, 2.05) is 0 Å². The topological polar surface area (TPSA) is 76.1 Å². The highest BCUT2D eigenvalue weighted by Crippen LogP contribution is 2.30. The number of carbonyl (C=O) groups excluding carboxylic acids is 1. The number of ether oxygens (including phenoxy) is 2. The summed E-state index contributed by atoms with van der Waals surface area (Å²) in [4.78, 5) is 25.2. The predicted molar refractivity (Wildman–Crippen MR) is 95.6 cm³/mol. The van der Waals surface area contributed by atoms with Gasteiger partial charge in [-0.15, -0.1) is 0 Å². The molecule has 1 N–H and O–H groups in total. The molecule has 1 aliphatic heterocycles. The summed E-state index contributed by atoms with van der Waals surface area (Å²) >= 11 is 0. The molecule has 2 aromatic rings. The number of hydrogen-bond acceptors (Lipinski definition) is 4. The van der Waals surface area contributed by atoms with Gasteiger partial charge >= 0.3 is 5.97 Å². The highest BCUT2D eigenvalue weighted by Gasteiger charge is 2.23. The van der Waals surface area contributed by atoms with Crippen LogP contribution in [-0.4, -0.2) is 41.6 Å². The van der Waals surface area contributed by atoms with Crippen LogP contribution < -0.4 is 9.47 Å². The van der Waals surface area contributed by atoms with Crippen molar-refractivity contribution in [1.29, 1.82) is 0 Å². The summed E-state index contributed by atoms with van der Waals surface area (Å²) < 4.78 is 24.2. The minimum atomic E-state index is -1.10. The molecule has 2 aromatic carbocycles. The molecule has 1 heterocycles. The number of amides is 1. The number of nitrogens with zero attached hydrogens (tertiary/aromatic N) is 1. The Morgan fingerprint density at radius 2 is 1.93 bits per heavy atom. The molecular weight excluding hydrogens is 353 g/mol. The lowest BCUT2D eigenvalue weighted by atomic mass is 9.99. The maximum absolute atomic E-state index is 13.5. The van der Waals surface area contributed by atoms with Gasteiger partial charge in [0, 0.05) is 18.7 Å². The molecule has 0 radical (unpaired) electrons. The zero-order chi connectivity index (χ0) is 19.4. The SMILES string of the molecule is CCOc1cc(C(=O)N2CCc3ccc(F)cc3C2)ccc1OCC(=O)O. The van der Waals surface area contributed by atoms with Crippen molar-refractivity contribution in [3.8, 4) is 11.5 Å². The summed E-state index contributed by atoms with van der Waals surface area (Å²) in [6.45, 7) is 2.51. The summed E-state index contributed by atoms with van der Waals surface area (Å²) in [6, 6.07) is 9.30. The van der Waals surface area contributed by atoms with Gasteiger partial charge in [-0.1, -0.05) is 6.07 Å². The lowest BCUT2D eigenvalue weighted by molar-refractivity contribution is -0.139. The number of benzene rings is 2. The summed E-state index contributed by atoms with van der Waals surface area (Å²) in [5.41, 5.74) is 2.26. The number of aliphatic carboxylic acids is 1. The van der Waals surface area contributed by atoms with Crippen molar-refractivity contribution in [3.05, 3.63) is 58.9 Å². The van der Waals surface area contributed by atoms with Crippen LogP contribution in [0, 0.1) is 5.82 Å². The molecule has 3 rings (SSSR count). The average molecular weight is 373 g/mol. The largest absolute Gasteiger partial charge is 0.490 e. The fourth-order valence-electron chi connectivity index (χ4n) is 3.05. The molecular formula is C20H20FNO5. The standard InChI is InChI=1S/C20H20FNO5/c1-2-26-18-10-14(4-6-17(18)27-12-19(23)24)20(25)22-8-7-13-3-5-16(21)9-15(13)11-22/h3-6,9-10H,2,7-8,11-12H2,1H3,(H,23,24). The zero-order valence-corrected chi connectivity index (χ0v) is 14.9. The van der Waals surface area contributed by atoms with Crippen LogP contribution in [0.1, 0.15) is 28.4 Å². The van der Waals surface area contributed by atoms with Gasteiger partial charge in [-0.3, -0.25) is 4.79 Å². The lowest BCUT2D eigenvalue weighted by Crippen LogP contribution is -2.36. The van der Waals surface area contributed by atoms with Gasteiger partial charge in [0.2, 0.25) is 0 Å². The summed E-state index contributed by atoms with van der Waals surface area (Å²) in [7, 11) is 0. The van der Waals surface area contributed by atoms with Crippen LogP contribution >= 0.6 is 0 Å². The molecule has 142 valence electrons. The summed E-state index contributed by atoms with van der Waals surface area (Å²) in [5, 5.41) is 8.75. The molecule has 0 atom stereocenters. The second-order valence-corrected chi connectivity index (χ2v) is 6.17. The number of fused-ring (bicyclic) bond motifs is 1. The van der Waals surface area contributed by atoms with Crippen molar-refractivity contribution < 1.29 is 28.6 Å². The van der Waals surface area contributed by atoms with Gasteiger partial charge < -0.3 is 19.5 Å². The highest BCUT2D eigenvalue weighted by molar-refractivity contribution is 5.95. The Labute approximate surface area is 156 Å². The van der Waals surface area contributed by atoms with E-state index in [0.29, 0.717) is 37.4 Å². The smallest absolute Gasteiger partial charge is 0.341 e. The van der Waals surface area contributed by atoms with Crippen molar-refractivity contribution in [2.24, 2.45) is 0 Å². The number of carboxylic acid groups (broad SMARTS) is 1. The molecule has 1 amide bonds. The molecule has 6 nitrogen and oxygen atoms in total. The third-order valence-electron chi connectivity index (χ3n) is 4.31. The van der Waals surface area contributed by atoms with Crippen molar-refractivity contribution in [2.45, 2.75) is 19.9 Å². The quantitative estimate of drug-likeness (QED) is 0.843. The number of halogens is 1. The predicted octanol–water partition coefficient (Wildman–Crippen LogP) is 2.89. The molecule has 0 spiro atoms. The summed E-state index contributed by atoms with van der Waals surface area (Å²) in [6.07, 6.45) is 0.666. The third kappa shape index (κ3) is 4.36. The van der Waals surface area contributed by atoms with Crippen LogP contribution in [0.25, 0.3) is 0 Å². The van der Waals surface area contributed by atoms with Gasteiger partial charge in [0.15, 0.2) is 18.1 Å². The van der Waals surface area contributed by atoms with E-state index in [-0.39, 0.29) is 17.5 Å². The van der Waals surface area contributed by atoms with E-state index in [0.717, 1.165) is 11.1 Å². The van der Waals surface area contributed by atoms with Crippen molar-refractivity contribution in [3.63, 3.8) is 0 Å². The van der Waals surface area contributed by atoms with Crippen molar-refractivity contribution in [1.82, 2.24) is 4.90 Å². The number of carbonyl (C=O) groups is 2. The Morgan fingerprint density at radius 3 is 2.67 bits per heavy atom. The van der Waals surface area contributed by atoms with Gasteiger partial charge in [0.1, 0.15) is 5.82 Å². The lowest BCUT2D eigenvalue weighted by Gasteiger charge is -2.29. The van der Waals surface area contributed by atoms with Gasteiger partial charge in [-0.05, 0) is 54.8 Å². The molecule has 7 heteroatoms. The Morgan fingerprint density at radius 1 is 1.11 bits per heavy atom. The van der Waals surface area contributed by atoms with E-state index in [1.54, 1.807) is 30.0 Å². The van der Waals surface area contributed by atoms with E-state index < -0.39 is 12.6 Å². The van der Waals surface area contributed by atoms with Gasteiger partial charge in [-0.25, -0.2) is 9.18 Å². The number of hydrogen-bond donors (Lipinski definition) is 1. The van der Waals surface area contributed by atoms with Crippen molar-refractivity contribution in [2.75, 3.05) is 19.8 Å². The molecule has 0 fully saturated rings. The second-order valence-electron chi connectivity index (χ2n) is 6.17. The van der Waals surface area contributed by atoms with Gasteiger partial charge in [0.05, 0.1) is 6.61 Å². The fourth-order valence-corrected chi connectivity index (χ4v) is 3.05. The monoisotopic (exact) mass is 373 g/mol. The van der Waals surface area contributed by atoms with E-state index in [1.165, 1.54) is 18.2 Å². The van der Waals surface area contributed by atoms with Crippen LogP contribution in [0.2, 0.25) is 0 Å².